The van der Waals surface area contributed by atoms with Gasteiger partial charge in [0.05, 0.1) is 16.7 Å². The van der Waals surface area contributed by atoms with Gasteiger partial charge in [-0.15, -0.1) is 0 Å². The fourth-order valence-corrected chi connectivity index (χ4v) is 2.30. The monoisotopic (exact) mass is 367 g/mol. The molecule has 0 spiro atoms. The Hall–Kier alpha value is -1.08. The van der Waals surface area contributed by atoms with Gasteiger partial charge in [-0.25, -0.2) is 0 Å². The number of hydrogen-bond donors (Lipinski definition) is 2. The van der Waals surface area contributed by atoms with E-state index in [0.717, 1.165) is 12.1 Å². The molecular weight excluding hydrogens is 351 g/mol. The molecule has 0 radical (unpaired) electrons. The van der Waals surface area contributed by atoms with E-state index in [-0.39, 0.29) is 11.0 Å². The molecule has 0 bridgehead atoms. The van der Waals surface area contributed by atoms with E-state index >= 15 is 0 Å². The lowest BCUT2D eigenvalue weighted by molar-refractivity contribution is -0.138. The van der Waals surface area contributed by atoms with Crippen molar-refractivity contribution < 1.29 is 23.1 Å². The first-order valence-electron chi connectivity index (χ1n) is 6.44. The Morgan fingerprint density at radius 3 is 2.52 bits per heavy atom. The predicted octanol–water partition coefficient (Wildman–Crippen LogP) is 3.75. The number of hydrogen-bond acceptors (Lipinski definition) is 2. The van der Waals surface area contributed by atoms with Gasteiger partial charge in [0.2, 0.25) is 0 Å². The average Bonchev–Trinajstić information content (AvgIpc) is 2.35. The van der Waals surface area contributed by atoms with E-state index in [2.05, 4.69) is 21.2 Å². The first kappa shape index (κ1) is 18.0. The van der Waals surface area contributed by atoms with E-state index in [9.17, 15) is 23.1 Å². The number of nitrogens with one attached hydrogen (secondary N) is 1. The van der Waals surface area contributed by atoms with Gasteiger partial charge >= 0.3 is 6.18 Å². The van der Waals surface area contributed by atoms with Gasteiger partial charge < -0.3 is 10.4 Å². The lowest BCUT2D eigenvalue weighted by Crippen LogP contribution is -2.41. The quantitative estimate of drug-likeness (QED) is 0.832. The maximum Gasteiger partial charge on any atom is 0.417 e. The van der Waals surface area contributed by atoms with Gasteiger partial charge in [-0.3, -0.25) is 4.79 Å². The van der Waals surface area contributed by atoms with Gasteiger partial charge in [0.25, 0.3) is 5.91 Å². The van der Waals surface area contributed by atoms with Gasteiger partial charge in [0, 0.05) is 11.0 Å². The number of amides is 1. The number of carbonyl (C=O) groups is 1. The minimum Gasteiger partial charge on any atom is -0.388 e. The van der Waals surface area contributed by atoms with Crippen molar-refractivity contribution in [3.63, 3.8) is 0 Å². The number of rotatable bonds is 5. The second-order valence-electron chi connectivity index (χ2n) is 5.12. The van der Waals surface area contributed by atoms with Crippen LogP contribution in [0.25, 0.3) is 0 Å². The van der Waals surface area contributed by atoms with Crippen LogP contribution in [-0.2, 0) is 6.18 Å². The Bertz CT molecular complexity index is 515. The standard InChI is InChI=1S/C14H17BrF3NO2/c1-3-6-13(2,21)8-19-12(20)10-5-4-9(15)7-11(10)14(16,17)18/h4-5,7,21H,3,6,8H2,1-2H3,(H,19,20). The Labute approximate surface area is 129 Å². The van der Waals surface area contributed by atoms with E-state index in [1.165, 1.54) is 13.0 Å². The molecule has 1 amide bonds. The highest BCUT2D eigenvalue weighted by atomic mass is 79.9. The number of carbonyl (C=O) groups excluding carboxylic acids is 1. The highest BCUT2D eigenvalue weighted by Gasteiger charge is 2.35. The molecule has 0 fully saturated rings. The summed E-state index contributed by atoms with van der Waals surface area (Å²) in [6.07, 6.45) is -3.48. The van der Waals surface area contributed by atoms with Crippen LogP contribution in [0, 0.1) is 0 Å². The first-order chi connectivity index (χ1) is 9.57. The highest BCUT2D eigenvalue weighted by molar-refractivity contribution is 9.10. The fraction of sp³-hybridized carbons (Fsp3) is 0.500. The van der Waals surface area contributed by atoms with Gasteiger partial charge in [0.15, 0.2) is 0 Å². The molecule has 1 aromatic carbocycles. The third-order valence-electron chi connectivity index (χ3n) is 2.95. The van der Waals surface area contributed by atoms with Crippen LogP contribution in [0.2, 0.25) is 0 Å². The maximum atomic E-state index is 12.9. The zero-order valence-electron chi connectivity index (χ0n) is 11.7. The maximum absolute atomic E-state index is 12.9. The summed E-state index contributed by atoms with van der Waals surface area (Å²) in [5.74, 6) is -0.855. The summed E-state index contributed by atoms with van der Waals surface area (Å²) < 4.78 is 39.0. The van der Waals surface area contributed by atoms with Gasteiger partial charge in [-0.05, 0) is 31.5 Å². The molecule has 0 saturated heterocycles. The van der Waals surface area contributed by atoms with Crippen LogP contribution in [-0.4, -0.2) is 23.2 Å². The summed E-state index contributed by atoms with van der Waals surface area (Å²) in [5.41, 5.74) is -2.61. The zero-order valence-corrected chi connectivity index (χ0v) is 13.3. The molecule has 1 aromatic rings. The van der Waals surface area contributed by atoms with Crippen LogP contribution in [0.15, 0.2) is 22.7 Å². The minimum absolute atomic E-state index is 0.104. The molecule has 0 saturated carbocycles. The third kappa shape index (κ3) is 5.32. The Balaban J connectivity index is 2.93. The summed E-state index contributed by atoms with van der Waals surface area (Å²) in [6.45, 7) is 3.29. The molecule has 0 aliphatic rings. The van der Waals surface area contributed by atoms with Crippen molar-refractivity contribution in [1.29, 1.82) is 0 Å². The van der Waals surface area contributed by atoms with Gasteiger partial charge in [-0.2, -0.15) is 13.2 Å². The Morgan fingerprint density at radius 2 is 2.00 bits per heavy atom. The topological polar surface area (TPSA) is 49.3 Å². The summed E-state index contributed by atoms with van der Waals surface area (Å²) in [6, 6.07) is 3.34. The van der Waals surface area contributed by atoms with Crippen LogP contribution in [0.4, 0.5) is 13.2 Å². The molecule has 0 aliphatic carbocycles. The summed E-state index contributed by atoms with van der Waals surface area (Å²) in [4.78, 5) is 11.9. The molecule has 0 heterocycles. The fourth-order valence-electron chi connectivity index (χ4n) is 1.94. The van der Waals surface area contributed by atoms with Crippen molar-refractivity contribution in [3.8, 4) is 0 Å². The number of halogens is 4. The molecule has 1 atom stereocenters. The molecule has 1 unspecified atom stereocenters. The summed E-state index contributed by atoms with van der Waals surface area (Å²) in [7, 11) is 0. The van der Waals surface area contributed by atoms with Crippen LogP contribution >= 0.6 is 15.9 Å². The van der Waals surface area contributed by atoms with Crippen LogP contribution in [0.3, 0.4) is 0 Å². The van der Waals surface area contributed by atoms with E-state index in [1.54, 1.807) is 0 Å². The number of aliphatic hydroxyl groups is 1. The smallest absolute Gasteiger partial charge is 0.388 e. The van der Waals surface area contributed by atoms with Crippen molar-refractivity contribution in [1.82, 2.24) is 5.32 Å². The second-order valence-corrected chi connectivity index (χ2v) is 6.03. The molecule has 7 heteroatoms. The molecule has 1 rings (SSSR count). The van der Waals surface area contributed by atoms with Crippen LogP contribution < -0.4 is 5.32 Å². The van der Waals surface area contributed by atoms with Gasteiger partial charge in [0.1, 0.15) is 0 Å². The van der Waals surface area contributed by atoms with E-state index < -0.39 is 28.8 Å². The molecule has 3 nitrogen and oxygen atoms in total. The normalized spacial score (nSPS) is 14.6. The highest BCUT2D eigenvalue weighted by Crippen LogP contribution is 2.33. The SMILES string of the molecule is CCCC(C)(O)CNC(=O)c1ccc(Br)cc1C(F)(F)F. The molecule has 2 N–H and O–H groups in total. The Morgan fingerprint density at radius 1 is 1.38 bits per heavy atom. The molecule has 0 aliphatic heterocycles. The van der Waals surface area contributed by atoms with Crippen molar-refractivity contribution in [3.05, 3.63) is 33.8 Å². The zero-order chi connectivity index (χ0) is 16.3. The van der Waals surface area contributed by atoms with Crippen molar-refractivity contribution in [2.45, 2.75) is 38.5 Å². The first-order valence-corrected chi connectivity index (χ1v) is 7.23. The second kappa shape index (κ2) is 6.79. The van der Waals surface area contributed by atoms with E-state index in [4.69, 9.17) is 0 Å². The van der Waals surface area contributed by atoms with Gasteiger partial charge in [-0.1, -0.05) is 29.3 Å². The number of alkyl halides is 3. The van der Waals surface area contributed by atoms with Crippen LogP contribution in [0.1, 0.15) is 42.6 Å². The lowest BCUT2D eigenvalue weighted by Gasteiger charge is -2.23. The third-order valence-corrected chi connectivity index (χ3v) is 3.44. The van der Waals surface area contributed by atoms with Crippen LogP contribution in [0.5, 0.6) is 0 Å². The molecule has 0 aromatic heterocycles. The number of benzene rings is 1. The predicted molar refractivity (Wildman–Crippen MR) is 77.0 cm³/mol. The minimum atomic E-state index is -4.62. The van der Waals surface area contributed by atoms with Crippen molar-refractivity contribution in [2.75, 3.05) is 6.54 Å². The van der Waals surface area contributed by atoms with E-state index in [1.807, 2.05) is 6.92 Å². The largest absolute Gasteiger partial charge is 0.417 e. The van der Waals surface area contributed by atoms with Crippen molar-refractivity contribution in [2.24, 2.45) is 0 Å². The summed E-state index contributed by atoms with van der Waals surface area (Å²) in [5, 5.41) is 12.3. The molecule has 118 valence electrons. The summed E-state index contributed by atoms with van der Waals surface area (Å²) >= 11 is 2.96. The van der Waals surface area contributed by atoms with Crippen molar-refractivity contribution >= 4 is 21.8 Å². The lowest BCUT2D eigenvalue weighted by atomic mass is 10.0. The Kier molecular flexibility index (Phi) is 5.81. The average molecular weight is 368 g/mol. The molecule has 21 heavy (non-hydrogen) atoms. The van der Waals surface area contributed by atoms with E-state index in [0.29, 0.717) is 12.8 Å². The molecular formula is C14H17BrF3NO2.